The number of morpholine rings is 1. The van der Waals surface area contributed by atoms with Gasteiger partial charge in [0.05, 0.1) is 12.7 Å². The molecule has 1 fully saturated rings. The van der Waals surface area contributed by atoms with Gasteiger partial charge in [-0.2, -0.15) is 0 Å². The SMILES string of the molecule is C[C@@H]1CN(C(=O)NC[C@@H](C)N(C)Cc2ccccc2)CCO1. The van der Waals surface area contributed by atoms with E-state index in [-0.39, 0.29) is 18.2 Å². The number of urea groups is 1. The molecule has 22 heavy (non-hydrogen) atoms. The van der Waals surface area contributed by atoms with Crippen molar-refractivity contribution in [1.82, 2.24) is 15.1 Å². The summed E-state index contributed by atoms with van der Waals surface area (Å²) in [6, 6.07) is 10.7. The number of carbonyl (C=O) groups is 1. The lowest BCUT2D eigenvalue weighted by atomic mass is 10.2. The average molecular weight is 305 g/mol. The maximum Gasteiger partial charge on any atom is 0.317 e. The van der Waals surface area contributed by atoms with Gasteiger partial charge in [0.2, 0.25) is 0 Å². The van der Waals surface area contributed by atoms with E-state index in [2.05, 4.69) is 48.5 Å². The van der Waals surface area contributed by atoms with Crippen LogP contribution in [0.3, 0.4) is 0 Å². The maximum atomic E-state index is 12.2. The Balaban J connectivity index is 1.74. The summed E-state index contributed by atoms with van der Waals surface area (Å²) in [6.45, 7) is 7.61. The van der Waals surface area contributed by atoms with Gasteiger partial charge in [0, 0.05) is 32.2 Å². The maximum absolute atomic E-state index is 12.2. The van der Waals surface area contributed by atoms with E-state index >= 15 is 0 Å². The van der Waals surface area contributed by atoms with Gasteiger partial charge in [0.25, 0.3) is 0 Å². The van der Waals surface area contributed by atoms with E-state index < -0.39 is 0 Å². The lowest BCUT2D eigenvalue weighted by Gasteiger charge is -2.32. The highest BCUT2D eigenvalue weighted by Gasteiger charge is 2.21. The first-order chi connectivity index (χ1) is 10.6. The summed E-state index contributed by atoms with van der Waals surface area (Å²) in [7, 11) is 2.08. The second-order valence-electron chi connectivity index (χ2n) is 6.06. The van der Waals surface area contributed by atoms with E-state index in [1.54, 1.807) is 0 Å². The molecule has 1 aliphatic heterocycles. The molecule has 1 heterocycles. The second-order valence-corrected chi connectivity index (χ2v) is 6.06. The van der Waals surface area contributed by atoms with Crippen molar-refractivity contribution in [2.24, 2.45) is 0 Å². The van der Waals surface area contributed by atoms with Crippen molar-refractivity contribution in [3.8, 4) is 0 Å². The molecule has 0 aliphatic carbocycles. The molecule has 122 valence electrons. The summed E-state index contributed by atoms with van der Waals surface area (Å²) >= 11 is 0. The Morgan fingerprint density at radius 1 is 1.45 bits per heavy atom. The topological polar surface area (TPSA) is 44.8 Å². The molecule has 1 aromatic carbocycles. The molecule has 1 aromatic rings. The van der Waals surface area contributed by atoms with Crippen LogP contribution in [0.25, 0.3) is 0 Å². The number of likely N-dealkylation sites (N-methyl/N-ethyl adjacent to an activating group) is 1. The van der Waals surface area contributed by atoms with Crippen LogP contribution in [0.5, 0.6) is 0 Å². The molecule has 5 heteroatoms. The molecule has 1 aliphatic rings. The molecule has 5 nitrogen and oxygen atoms in total. The number of hydrogen-bond donors (Lipinski definition) is 1. The molecule has 2 amide bonds. The summed E-state index contributed by atoms with van der Waals surface area (Å²) in [5.41, 5.74) is 1.28. The first kappa shape index (κ1) is 16.8. The average Bonchev–Trinajstić information content (AvgIpc) is 2.53. The predicted octanol–water partition coefficient (Wildman–Crippen LogP) is 1.94. The number of hydrogen-bond acceptors (Lipinski definition) is 3. The fourth-order valence-corrected chi connectivity index (χ4v) is 2.53. The van der Waals surface area contributed by atoms with E-state index in [1.165, 1.54) is 5.56 Å². The molecule has 0 bridgehead atoms. The van der Waals surface area contributed by atoms with Gasteiger partial charge in [-0.15, -0.1) is 0 Å². The van der Waals surface area contributed by atoms with Crippen LogP contribution < -0.4 is 5.32 Å². The lowest BCUT2D eigenvalue weighted by Crippen LogP contribution is -2.51. The number of nitrogens with one attached hydrogen (secondary N) is 1. The Labute approximate surface area is 133 Å². The smallest absolute Gasteiger partial charge is 0.317 e. The van der Waals surface area contributed by atoms with Crippen LogP contribution in [0.15, 0.2) is 30.3 Å². The highest BCUT2D eigenvalue weighted by atomic mass is 16.5. The zero-order valence-corrected chi connectivity index (χ0v) is 13.8. The monoisotopic (exact) mass is 305 g/mol. The molecule has 0 saturated carbocycles. The number of carbonyl (C=O) groups excluding carboxylic acids is 1. The molecule has 2 atom stereocenters. The quantitative estimate of drug-likeness (QED) is 0.904. The third-order valence-corrected chi connectivity index (χ3v) is 4.10. The third-order valence-electron chi connectivity index (χ3n) is 4.10. The molecule has 1 N–H and O–H groups in total. The molecule has 0 unspecified atom stereocenters. The van der Waals surface area contributed by atoms with Crippen LogP contribution in [-0.4, -0.2) is 61.3 Å². The molecule has 1 saturated heterocycles. The Hall–Kier alpha value is -1.59. The number of amides is 2. The van der Waals surface area contributed by atoms with E-state index in [0.29, 0.717) is 26.2 Å². The summed E-state index contributed by atoms with van der Waals surface area (Å²) in [6.07, 6.45) is 0.123. The summed E-state index contributed by atoms with van der Waals surface area (Å²) in [5, 5.41) is 3.03. The molecule has 0 aromatic heterocycles. The van der Waals surface area contributed by atoms with E-state index in [4.69, 9.17) is 4.74 Å². The Bertz CT molecular complexity index is 466. The van der Waals surface area contributed by atoms with Crippen LogP contribution in [-0.2, 0) is 11.3 Å². The third kappa shape index (κ3) is 5.00. The molecular formula is C17H27N3O2. The summed E-state index contributed by atoms with van der Waals surface area (Å²) < 4.78 is 5.46. The fraction of sp³-hybridized carbons (Fsp3) is 0.588. The normalized spacial score (nSPS) is 20.0. The van der Waals surface area contributed by atoms with Crippen molar-refractivity contribution >= 4 is 6.03 Å². The van der Waals surface area contributed by atoms with E-state index in [9.17, 15) is 4.79 Å². The minimum absolute atomic E-state index is 0.00936. The fourth-order valence-electron chi connectivity index (χ4n) is 2.53. The minimum atomic E-state index is 0.00936. The van der Waals surface area contributed by atoms with Crippen LogP contribution >= 0.6 is 0 Å². The standard InChI is InChI=1S/C17H27N3O2/c1-14(19(3)13-16-7-5-4-6-8-16)11-18-17(21)20-9-10-22-15(2)12-20/h4-8,14-15H,9-13H2,1-3H3,(H,18,21)/t14-,15-/m1/s1. The van der Waals surface area contributed by atoms with Gasteiger partial charge in [0.1, 0.15) is 0 Å². The number of rotatable bonds is 5. The van der Waals surface area contributed by atoms with Crippen LogP contribution in [0.1, 0.15) is 19.4 Å². The largest absolute Gasteiger partial charge is 0.375 e. The lowest BCUT2D eigenvalue weighted by molar-refractivity contribution is -0.00364. The molecular weight excluding hydrogens is 278 g/mol. The van der Waals surface area contributed by atoms with Gasteiger partial charge in [-0.1, -0.05) is 30.3 Å². The molecule has 0 radical (unpaired) electrons. The Morgan fingerprint density at radius 2 is 2.18 bits per heavy atom. The molecule has 0 spiro atoms. The number of benzene rings is 1. The van der Waals surface area contributed by atoms with E-state index in [0.717, 1.165) is 6.54 Å². The Morgan fingerprint density at radius 3 is 2.86 bits per heavy atom. The Kier molecular flexibility index (Phi) is 6.21. The number of ether oxygens (including phenoxy) is 1. The van der Waals surface area contributed by atoms with Crippen LogP contribution in [0.2, 0.25) is 0 Å². The van der Waals surface area contributed by atoms with Crippen LogP contribution in [0.4, 0.5) is 4.79 Å². The van der Waals surface area contributed by atoms with Crippen molar-refractivity contribution < 1.29 is 9.53 Å². The first-order valence-corrected chi connectivity index (χ1v) is 7.95. The zero-order valence-electron chi connectivity index (χ0n) is 13.8. The first-order valence-electron chi connectivity index (χ1n) is 7.95. The van der Waals surface area contributed by atoms with Gasteiger partial charge in [-0.05, 0) is 26.5 Å². The van der Waals surface area contributed by atoms with Gasteiger partial charge >= 0.3 is 6.03 Å². The predicted molar refractivity (Wildman–Crippen MR) is 87.8 cm³/mol. The van der Waals surface area contributed by atoms with Crippen LogP contribution in [0, 0.1) is 0 Å². The minimum Gasteiger partial charge on any atom is -0.375 e. The van der Waals surface area contributed by atoms with E-state index in [1.807, 2.05) is 17.9 Å². The van der Waals surface area contributed by atoms with Crippen molar-refractivity contribution in [2.75, 3.05) is 33.3 Å². The van der Waals surface area contributed by atoms with Gasteiger partial charge in [-0.3, -0.25) is 4.90 Å². The van der Waals surface area contributed by atoms with Crippen molar-refractivity contribution in [3.63, 3.8) is 0 Å². The van der Waals surface area contributed by atoms with Gasteiger partial charge < -0.3 is 15.0 Å². The van der Waals surface area contributed by atoms with Gasteiger partial charge in [-0.25, -0.2) is 4.79 Å². The summed E-state index contributed by atoms with van der Waals surface area (Å²) in [4.78, 5) is 16.2. The van der Waals surface area contributed by atoms with Crippen molar-refractivity contribution in [3.05, 3.63) is 35.9 Å². The number of nitrogens with zero attached hydrogens (tertiary/aromatic N) is 2. The zero-order chi connectivity index (χ0) is 15.9. The van der Waals surface area contributed by atoms with Crippen molar-refractivity contribution in [1.29, 1.82) is 0 Å². The second kappa shape index (κ2) is 8.15. The van der Waals surface area contributed by atoms with Gasteiger partial charge in [0.15, 0.2) is 0 Å². The highest BCUT2D eigenvalue weighted by Crippen LogP contribution is 2.07. The highest BCUT2D eigenvalue weighted by molar-refractivity contribution is 5.74. The van der Waals surface area contributed by atoms with Crippen molar-refractivity contribution in [2.45, 2.75) is 32.5 Å². The molecule has 2 rings (SSSR count). The summed E-state index contributed by atoms with van der Waals surface area (Å²) in [5.74, 6) is 0.